The van der Waals surface area contributed by atoms with Crippen LogP contribution in [0.1, 0.15) is 16.2 Å². The second-order valence-electron chi connectivity index (χ2n) is 5.50. The van der Waals surface area contributed by atoms with Crippen molar-refractivity contribution in [1.82, 2.24) is 25.1 Å². The molecule has 2 aromatic heterocycles. The molecule has 0 fully saturated rings. The molecule has 0 aliphatic carbocycles. The zero-order valence-electron chi connectivity index (χ0n) is 14.2. The van der Waals surface area contributed by atoms with E-state index >= 15 is 0 Å². The number of anilines is 1. The van der Waals surface area contributed by atoms with Gasteiger partial charge >= 0.3 is 0 Å². The summed E-state index contributed by atoms with van der Waals surface area (Å²) in [6.45, 7) is 2.50. The predicted octanol–water partition coefficient (Wildman–Crippen LogP) is 1.17. The van der Waals surface area contributed by atoms with Gasteiger partial charge in [-0.25, -0.2) is 14.6 Å². The minimum Gasteiger partial charge on any atom is -0.352 e. The molecular weight excluding hydrogens is 332 g/mol. The molecule has 3 aromatic rings. The highest BCUT2D eigenvalue weighted by Gasteiger charge is 2.14. The molecule has 0 radical (unpaired) electrons. The van der Waals surface area contributed by atoms with Crippen LogP contribution in [0.15, 0.2) is 59.7 Å². The minimum atomic E-state index is -0.518. The van der Waals surface area contributed by atoms with Crippen LogP contribution in [0.3, 0.4) is 0 Å². The Morgan fingerprint density at radius 2 is 1.81 bits per heavy atom. The molecule has 0 bridgehead atoms. The van der Waals surface area contributed by atoms with Gasteiger partial charge in [0.05, 0.1) is 5.69 Å². The average molecular weight is 350 g/mol. The van der Waals surface area contributed by atoms with Crippen LogP contribution in [0.4, 0.5) is 5.95 Å². The number of rotatable bonds is 6. The Morgan fingerprint density at radius 1 is 1.08 bits per heavy atom. The lowest BCUT2D eigenvalue weighted by atomic mass is 10.2. The maximum atomic E-state index is 12.3. The van der Waals surface area contributed by atoms with Crippen molar-refractivity contribution in [1.29, 1.82) is 0 Å². The topological polar surface area (TPSA) is 102 Å². The molecule has 26 heavy (non-hydrogen) atoms. The Hall–Kier alpha value is -3.55. The highest BCUT2D eigenvalue weighted by atomic mass is 16.2. The summed E-state index contributed by atoms with van der Waals surface area (Å²) in [5.74, 6) is -0.0443. The maximum Gasteiger partial charge on any atom is 0.275 e. The Balaban J connectivity index is 1.68. The highest BCUT2D eigenvalue weighted by molar-refractivity contribution is 5.92. The van der Waals surface area contributed by atoms with Gasteiger partial charge in [0, 0.05) is 37.2 Å². The number of hydrogen-bond acceptors (Lipinski definition) is 6. The fraction of sp³-hybridized carbons (Fsp3) is 0.167. The standard InChI is InChI=1S/C18H18N6O2/c1-13-12-15(25)16(23-24(13)14-6-3-2-4-7-14)17(26)19-10-11-22-18-20-8-5-9-21-18/h2-9,12H,10-11H2,1H3,(H,19,26)(H,20,21,22). The van der Waals surface area contributed by atoms with E-state index < -0.39 is 11.3 Å². The predicted molar refractivity (Wildman–Crippen MR) is 97.4 cm³/mol. The Bertz CT molecular complexity index is 941. The van der Waals surface area contributed by atoms with E-state index in [1.54, 1.807) is 30.1 Å². The van der Waals surface area contributed by atoms with Crippen LogP contribution in [0.2, 0.25) is 0 Å². The molecule has 8 heteroatoms. The fourth-order valence-corrected chi connectivity index (χ4v) is 2.36. The lowest BCUT2D eigenvalue weighted by Gasteiger charge is -2.11. The van der Waals surface area contributed by atoms with E-state index in [1.807, 2.05) is 30.3 Å². The molecule has 0 aliphatic rings. The minimum absolute atomic E-state index is 0.143. The zero-order valence-corrected chi connectivity index (χ0v) is 14.2. The van der Waals surface area contributed by atoms with Crippen LogP contribution in [-0.2, 0) is 0 Å². The molecule has 3 rings (SSSR count). The summed E-state index contributed by atoms with van der Waals surface area (Å²) >= 11 is 0. The summed E-state index contributed by atoms with van der Waals surface area (Å²) in [5.41, 5.74) is 0.879. The molecular formula is C18H18N6O2. The summed E-state index contributed by atoms with van der Waals surface area (Å²) in [6.07, 6.45) is 3.24. The van der Waals surface area contributed by atoms with Gasteiger partial charge in [-0.3, -0.25) is 9.59 Å². The molecule has 8 nitrogen and oxygen atoms in total. The SMILES string of the molecule is Cc1cc(=O)c(C(=O)NCCNc2ncccn2)nn1-c1ccccc1. The quantitative estimate of drug-likeness (QED) is 0.647. The second kappa shape index (κ2) is 8.02. The number of benzene rings is 1. The van der Waals surface area contributed by atoms with Gasteiger partial charge in [0.25, 0.3) is 5.91 Å². The van der Waals surface area contributed by atoms with Crippen LogP contribution in [0.25, 0.3) is 5.69 Å². The molecule has 0 aliphatic heterocycles. The van der Waals surface area contributed by atoms with E-state index in [1.165, 1.54) is 6.07 Å². The largest absolute Gasteiger partial charge is 0.352 e. The van der Waals surface area contributed by atoms with E-state index in [0.29, 0.717) is 24.7 Å². The normalized spacial score (nSPS) is 10.3. The van der Waals surface area contributed by atoms with Gasteiger partial charge in [-0.2, -0.15) is 5.10 Å². The van der Waals surface area contributed by atoms with Crippen molar-refractivity contribution in [3.63, 3.8) is 0 Å². The number of nitrogens with one attached hydrogen (secondary N) is 2. The van der Waals surface area contributed by atoms with Crippen molar-refractivity contribution in [2.24, 2.45) is 0 Å². The molecule has 2 N–H and O–H groups in total. The van der Waals surface area contributed by atoms with Gasteiger partial charge in [0.15, 0.2) is 5.69 Å². The van der Waals surface area contributed by atoms with Crippen LogP contribution in [-0.4, -0.2) is 38.7 Å². The molecule has 2 heterocycles. The number of nitrogens with zero attached hydrogens (tertiary/aromatic N) is 4. The van der Waals surface area contributed by atoms with Crippen molar-refractivity contribution in [2.75, 3.05) is 18.4 Å². The molecule has 1 aromatic carbocycles. The van der Waals surface area contributed by atoms with Crippen LogP contribution >= 0.6 is 0 Å². The van der Waals surface area contributed by atoms with Crippen LogP contribution in [0.5, 0.6) is 0 Å². The summed E-state index contributed by atoms with van der Waals surface area (Å²) in [5, 5.41) is 9.87. The van der Waals surface area contributed by atoms with Crippen molar-refractivity contribution in [3.05, 3.63) is 76.5 Å². The molecule has 132 valence electrons. The molecule has 0 atom stereocenters. The Kier molecular flexibility index (Phi) is 5.33. The first kappa shape index (κ1) is 17.3. The van der Waals surface area contributed by atoms with Gasteiger partial charge in [0.1, 0.15) is 0 Å². The average Bonchev–Trinajstić information content (AvgIpc) is 2.67. The number of carbonyl (C=O) groups excluding carboxylic acids is 1. The van der Waals surface area contributed by atoms with Gasteiger partial charge in [-0.15, -0.1) is 0 Å². The summed E-state index contributed by atoms with van der Waals surface area (Å²) in [7, 11) is 0. The lowest BCUT2D eigenvalue weighted by Crippen LogP contribution is -2.34. The van der Waals surface area contributed by atoms with Gasteiger partial charge in [-0.1, -0.05) is 18.2 Å². The fourth-order valence-electron chi connectivity index (χ4n) is 2.36. The molecule has 1 amide bonds. The molecule has 0 saturated heterocycles. The first-order valence-electron chi connectivity index (χ1n) is 8.10. The highest BCUT2D eigenvalue weighted by Crippen LogP contribution is 2.07. The van der Waals surface area contributed by atoms with Crippen LogP contribution < -0.4 is 16.1 Å². The van der Waals surface area contributed by atoms with Gasteiger partial charge in [0.2, 0.25) is 11.4 Å². The summed E-state index contributed by atoms with van der Waals surface area (Å²) < 4.78 is 1.58. The van der Waals surface area contributed by atoms with Gasteiger partial charge < -0.3 is 10.6 Å². The summed E-state index contributed by atoms with van der Waals surface area (Å²) in [6, 6.07) is 12.5. The van der Waals surface area contributed by atoms with E-state index in [4.69, 9.17) is 0 Å². The third-order valence-electron chi connectivity index (χ3n) is 3.58. The number of aryl methyl sites for hydroxylation is 1. The number of hydrogen-bond donors (Lipinski definition) is 2. The lowest BCUT2D eigenvalue weighted by molar-refractivity contribution is 0.0947. The van der Waals surface area contributed by atoms with Crippen molar-refractivity contribution < 1.29 is 4.79 Å². The molecule has 0 spiro atoms. The summed E-state index contributed by atoms with van der Waals surface area (Å²) in [4.78, 5) is 32.5. The smallest absolute Gasteiger partial charge is 0.275 e. The third-order valence-corrected chi connectivity index (χ3v) is 3.58. The van der Waals surface area contributed by atoms with E-state index in [2.05, 4.69) is 25.7 Å². The Morgan fingerprint density at radius 3 is 2.54 bits per heavy atom. The third kappa shape index (κ3) is 4.10. The van der Waals surface area contributed by atoms with Crippen molar-refractivity contribution in [3.8, 4) is 5.69 Å². The van der Waals surface area contributed by atoms with E-state index in [0.717, 1.165) is 5.69 Å². The maximum absolute atomic E-state index is 12.3. The monoisotopic (exact) mass is 350 g/mol. The second-order valence-corrected chi connectivity index (χ2v) is 5.50. The first-order valence-corrected chi connectivity index (χ1v) is 8.10. The number of carbonyl (C=O) groups is 1. The van der Waals surface area contributed by atoms with Gasteiger partial charge in [-0.05, 0) is 25.1 Å². The Labute approximate surface area is 149 Å². The first-order chi connectivity index (χ1) is 12.6. The van der Waals surface area contributed by atoms with E-state index in [-0.39, 0.29) is 5.69 Å². The molecule has 0 unspecified atom stereocenters. The molecule has 0 saturated carbocycles. The zero-order chi connectivity index (χ0) is 18.4. The van der Waals surface area contributed by atoms with Crippen molar-refractivity contribution >= 4 is 11.9 Å². The van der Waals surface area contributed by atoms with Crippen LogP contribution in [0, 0.1) is 6.92 Å². The number of aromatic nitrogens is 4. The van der Waals surface area contributed by atoms with E-state index in [9.17, 15) is 9.59 Å². The van der Waals surface area contributed by atoms with Crippen molar-refractivity contribution in [2.45, 2.75) is 6.92 Å². The number of amides is 1. The number of para-hydroxylation sites is 1.